The van der Waals surface area contributed by atoms with Gasteiger partial charge in [-0.1, -0.05) is 78.6 Å². The molecule has 0 aromatic heterocycles. The van der Waals surface area contributed by atoms with E-state index in [4.69, 9.17) is 0 Å². The highest BCUT2D eigenvalue weighted by atomic mass is 32.2. The van der Waals surface area contributed by atoms with Gasteiger partial charge in [0.2, 0.25) is 0 Å². The highest BCUT2D eigenvalue weighted by Crippen LogP contribution is 2.28. The van der Waals surface area contributed by atoms with Crippen LogP contribution in [-0.2, 0) is 0 Å². The third-order valence-electron chi connectivity index (χ3n) is 4.96. The van der Waals surface area contributed by atoms with Crippen LogP contribution in [0.2, 0.25) is 0 Å². The van der Waals surface area contributed by atoms with Crippen LogP contribution in [0.15, 0.2) is 0 Å². The lowest BCUT2D eigenvalue weighted by molar-refractivity contribution is 0.419. The summed E-state index contributed by atoms with van der Waals surface area (Å²) in [6.45, 7) is 8.14. The fourth-order valence-electron chi connectivity index (χ4n) is 3.26. The number of hydrogen-bond acceptors (Lipinski definition) is 2. The van der Waals surface area contributed by atoms with Gasteiger partial charge in [0, 0.05) is 11.3 Å². The molecule has 0 aromatic rings. The van der Waals surface area contributed by atoms with Crippen LogP contribution in [0.25, 0.3) is 0 Å². The van der Waals surface area contributed by atoms with E-state index in [1.165, 1.54) is 76.4 Å². The minimum absolute atomic E-state index is 0.753. The second-order valence-corrected chi connectivity index (χ2v) is 8.23. The van der Waals surface area contributed by atoms with Crippen LogP contribution < -0.4 is 5.32 Å². The summed E-state index contributed by atoms with van der Waals surface area (Å²) in [4.78, 5) is 0. The Balaban J connectivity index is 2.52. The number of nitrogens with one attached hydrogen (secondary N) is 1. The molecular formula is C19H39NS. The predicted molar refractivity (Wildman–Crippen MR) is 99.3 cm³/mol. The Bertz CT molecular complexity index is 232. The van der Waals surface area contributed by atoms with E-state index < -0.39 is 0 Å². The summed E-state index contributed by atoms with van der Waals surface area (Å²) in [6, 6.07) is 0.753. The third kappa shape index (κ3) is 9.13. The summed E-state index contributed by atoms with van der Waals surface area (Å²) in [6.07, 6.45) is 15.8. The summed E-state index contributed by atoms with van der Waals surface area (Å²) < 4.78 is 0. The topological polar surface area (TPSA) is 12.0 Å². The fraction of sp³-hybridized carbons (Fsp3) is 1.00. The fourth-order valence-corrected chi connectivity index (χ4v) is 4.87. The first kappa shape index (κ1) is 19.4. The van der Waals surface area contributed by atoms with Crippen molar-refractivity contribution in [1.82, 2.24) is 5.32 Å². The van der Waals surface area contributed by atoms with E-state index >= 15 is 0 Å². The predicted octanol–water partition coefficient (Wildman–Crippen LogP) is 6.03. The first-order valence-electron chi connectivity index (χ1n) is 9.62. The van der Waals surface area contributed by atoms with Gasteiger partial charge in [-0.25, -0.2) is 0 Å². The van der Waals surface area contributed by atoms with E-state index in [-0.39, 0.29) is 0 Å². The first-order valence-corrected chi connectivity index (χ1v) is 10.7. The minimum atomic E-state index is 0.753. The zero-order valence-corrected chi connectivity index (χ0v) is 15.6. The average molecular weight is 314 g/mol. The summed E-state index contributed by atoms with van der Waals surface area (Å²) >= 11 is 2.27. The van der Waals surface area contributed by atoms with Crippen molar-refractivity contribution in [2.75, 3.05) is 12.3 Å². The largest absolute Gasteiger partial charge is 0.313 e. The Hall–Kier alpha value is 0.310. The SMILES string of the molecule is CCNC1CCCCCCCCCCC1SCC(C)CC. The monoisotopic (exact) mass is 313 g/mol. The quantitative estimate of drug-likeness (QED) is 0.643. The molecule has 0 bridgehead atoms. The number of thioether (sulfide) groups is 1. The Morgan fingerprint density at radius 1 is 0.905 bits per heavy atom. The number of rotatable bonds is 6. The van der Waals surface area contributed by atoms with Crippen LogP contribution in [0.1, 0.15) is 91.4 Å². The standard InChI is InChI=1S/C19H39NS/c1-4-17(3)16-21-19-15-13-11-9-7-6-8-10-12-14-18(19)20-5-2/h17-20H,4-16H2,1-3H3. The van der Waals surface area contributed by atoms with Gasteiger partial charge in [0.1, 0.15) is 0 Å². The van der Waals surface area contributed by atoms with Crippen molar-refractivity contribution >= 4 is 11.8 Å². The van der Waals surface area contributed by atoms with Gasteiger partial charge < -0.3 is 5.32 Å². The van der Waals surface area contributed by atoms with E-state index in [1.54, 1.807) is 0 Å². The molecule has 21 heavy (non-hydrogen) atoms. The highest BCUT2D eigenvalue weighted by Gasteiger charge is 2.21. The van der Waals surface area contributed by atoms with E-state index in [0.717, 1.165) is 23.8 Å². The molecule has 3 unspecified atom stereocenters. The van der Waals surface area contributed by atoms with Crippen molar-refractivity contribution in [3.05, 3.63) is 0 Å². The van der Waals surface area contributed by atoms with E-state index in [1.807, 2.05) is 0 Å². The average Bonchev–Trinajstić information content (AvgIpc) is 2.49. The summed E-state index contributed by atoms with van der Waals surface area (Å²) in [5.41, 5.74) is 0. The lowest BCUT2D eigenvalue weighted by Crippen LogP contribution is -2.38. The molecule has 0 aliphatic heterocycles. The second kappa shape index (κ2) is 12.8. The van der Waals surface area contributed by atoms with Crippen molar-refractivity contribution in [1.29, 1.82) is 0 Å². The van der Waals surface area contributed by atoms with Gasteiger partial charge in [-0.3, -0.25) is 0 Å². The molecule has 1 saturated carbocycles. The van der Waals surface area contributed by atoms with Gasteiger partial charge in [0.05, 0.1) is 0 Å². The molecule has 1 aliphatic carbocycles. The smallest absolute Gasteiger partial charge is 0.0201 e. The Labute approximate surface area is 138 Å². The van der Waals surface area contributed by atoms with Gasteiger partial charge >= 0.3 is 0 Å². The van der Waals surface area contributed by atoms with Crippen LogP contribution in [0, 0.1) is 5.92 Å². The van der Waals surface area contributed by atoms with E-state index in [2.05, 4.69) is 37.8 Å². The van der Waals surface area contributed by atoms with Gasteiger partial charge in [-0.15, -0.1) is 0 Å². The Kier molecular flexibility index (Phi) is 11.8. The zero-order valence-electron chi connectivity index (χ0n) is 14.8. The molecule has 1 rings (SSSR count). The van der Waals surface area contributed by atoms with Crippen LogP contribution in [0.5, 0.6) is 0 Å². The molecule has 0 amide bonds. The van der Waals surface area contributed by atoms with Crippen molar-refractivity contribution in [2.45, 2.75) is 103 Å². The summed E-state index contributed by atoms with van der Waals surface area (Å²) in [7, 11) is 0. The Morgan fingerprint density at radius 2 is 1.48 bits per heavy atom. The molecule has 1 N–H and O–H groups in total. The normalized spacial score (nSPS) is 27.6. The van der Waals surface area contributed by atoms with Gasteiger partial charge in [0.15, 0.2) is 0 Å². The Morgan fingerprint density at radius 3 is 2.05 bits per heavy atom. The van der Waals surface area contributed by atoms with Crippen molar-refractivity contribution in [3.8, 4) is 0 Å². The highest BCUT2D eigenvalue weighted by molar-refractivity contribution is 7.99. The molecule has 1 fully saturated rings. The molecule has 0 heterocycles. The van der Waals surface area contributed by atoms with Crippen LogP contribution in [0.3, 0.4) is 0 Å². The molecule has 0 saturated heterocycles. The molecule has 3 atom stereocenters. The summed E-state index contributed by atoms with van der Waals surface area (Å²) in [5, 5.41) is 4.65. The van der Waals surface area contributed by atoms with Gasteiger partial charge in [-0.05, 0) is 31.1 Å². The molecule has 0 radical (unpaired) electrons. The molecular weight excluding hydrogens is 274 g/mol. The van der Waals surface area contributed by atoms with Crippen molar-refractivity contribution in [2.24, 2.45) is 5.92 Å². The maximum atomic E-state index is 3.81. The molecule has 1 aliphatic rings. The minimum Gasteiger partial charge on any atom is -0.313 e. The van der Waals surface area contributed by atoms with Crippen molar-refractivity contribution in [3.63, 3.8) is 0 Å². The number of hydrogen-bond donors (Lipinski definition) is 1. The van der Waals surface area contributed by atoms with Gasteiger partial charge in [0.25, 0.3) is 0 Å². The molecule has 1 nitrogen and oxygen atoms in total. The lowest BCUT2D eigenvalue weighted by Gasteiger charge is -2.29. The van der Waals surface area contributed by atoms with Crippen LogP contribution in [-0.4, -0.2) is 23.6 Å². The van der Waals surface area contributed by atoms with E-state index in [0.29, 0.717) is 0 Å². The molecule has 0 spiro atoms. The zero-order chi connectivity index (χ0) is 15.3. The first-order chi connectivity index (χ1) is 10.3. The van der Waals surface area contributed by atoms with Crippen LogP contribution in [0.4, 0.5) is 0 Å². The van der Waals surface area contributed by atoms with Gasteiger partial charge in [-0.2, -0.15) is 11.8 Å². The van der Waals surface area contributed by atoms with Crippen LogP contribution >= 0.6 is 11.8 Å². The molecule has 0 aromatic carbocycles. The molecule has 126 valence electrons. The molecule has 2 heteroatoms. The lowest BCUT2D eigenvalue weighted by atomic mass is 9.97. The van der Waals surface area contributed by atoms with Crippen molar-refractivity contribution < 1.29 is 0 Å². The third-order valence-corrected chi connectivity index (χ3v) is 6.71. The van der Waals surface area contributed by atoms with E-state index in [9.17, 15) is 0 Å². The maximum Gasteiger partial charge on any atom is 0.0201 e. The maximum absolute atomic E-state index is 3.81. The second-order valence-electron chi connectivity index (χ2n) is 6.96. The summed E-state index contributed by atoms with van der Waals surface area (Å²) in [5.74, 6) is 2.22.